The van der Waals surface area contributed by atoms with Gasteiger partial charge in [0.25, 0.3) is 0 Å². The number of anilines is 1. The summed E-state index contributed by atoms with van der Waals surface area (Å²) < 4.78 is 14.0. The molecule has 0 spiro atoms. The highest BCUT2D eigenvalue weighted by molar-refractivity contribution is 5.79. The predicted molar refractivity (Wildman–Crippen MR) is 123 cm³/mol. The highest BCUT2D eigenvalue weighted by Gasteiger charge is 2.32. The average molecular weight is 425 g/mol. The lowest BCUT2D eigenvalue weighted by Gasteiger charge is -2.38. The first-order valence-electron chi connectivity index (χ1n) is 11.7. The van der Waals surface area contributed by atoms with Crippen molar-refractivity contribution in [3.05, 3.63) is 65.5 Å². The number of hydrogen-bond donors (Lipinski definition) is 1. The molecule has 2 aliphatic rings. The van der Waals surface area contributed by atoms with E-state index in [9.17, 15) is 9.18 Å². The van der Waals surface area contributed by atoms with Crippen LogP contribution in [0.4, 0.5) is 10.1 Å². The lowest BCUT2D eigenvalue weighted by Crippen LogP contribution is -3.11. The number of nitrogens with one attached hydrogen (secondary N) is 1. The molecule has 0 saturated carbocycles. The van der Waals surface area contributed by atoms with Crippen molar-refractivity contribution in [2.75, 3.05) is 44.2 Å². The van der Waals surface area contributed by atoms with Crippen LogP contribution in [0.15, 0.2) is 48.5 Å². The van der Waals surface area contributed by atoms with Gasteiger partial charge in [-0.3, -0.25) is 4.79 Å². The molecule has 0 radical (unpaired) electrons. The molecule has 0 aromatic heterocycles. The van der Waals surface area contributed by atoms with Crippen molar-refractivity contribution in [2.45, 2.75) is 39.2 Å². The van der Waals surface area contributed by atoms with E-state index in [4.69, 9.17) is 0 Å². The number of halogens is 1. The van der Waals surface area contributed by atoms with E-state index in [-0.39, 0.29) is 11.7 Å². The second-order valence-corrected chi connectivity index (χ2v) is 9.36. The number of rotatable bonds is 5. The van der Waals surface area contributed by atoms with Crippen LogP contribution in [0.3, 0.4) is 0 Å². The second kappa shape index (κ2) is 9.82. The minimum atomic E-state index is -0.184. The molecule has 2 aromatic rings. The van der Waals surface area contributed by atoms with Crippen LogP contribution in [-0.4, -0.2) is 50.1 Å². The molecule has 1 N–H and O–H groups in total. The van der Waals surface area contributed by atoms with Crippen LogP contribution < -0.4 is 9.80 Å². The van der Waals surface area contributed by atoms with E-state index in [1.54, 1.807) is 11.0 Å². The smallest absolute Gasteiger partial charge is 0.226 e. The number of amides is 1. The zero-order valence-corrected chi connectivity index (χ0v) is 18.8. The molecule has 2 heterocycles. The Hall–Kier alpha value is -2.40. The zero-order valence-electron chi connectivity index (χ0n) is 18.8. The summed E-state index contributed by atoms with van der Waals surface area (Å²) in [4.78, 5) is 18.7. The number of para-hydroxylation sites is 1. The molecule has 31 heavy (non-hydrogen) atoms. The maximum absolute atomic E-state index is 14.0. The summed E-state index contributed by atoms with van der Waals surface area (Å²) in [6.45, 7) is 10.4. The Bertz CT molecular complexity index is 866. The van der Waals surface area contributed by atoms with Gasteiger partial charge in [-0.1, -0.05) is 50.2 Å². The largest absolute Gasteiger partial charge is 0.366 e. The summed E-state index contributed by atoms with van der Waals surface area (Å²) in [6.07, 6.45) is 1.93. The molecule has 0 atom stereocenters. The fraction of sp³-hybridized carbons (Fsp3) is 0.500. The van der Waals surface area contributed by atoms with Crippen LogP contribution in [0.1, 0.15) is 43.7 Å². The number of hydrogen-bond acceptors (Lipinski definition) is 2. The van der Waals surface area contributed by atoms with Crippen LogP contribution in [0.25, 0.3) is 0 Å². The molecule has 4 rings (SSSR count). The van der Waals surface area contributed by atoms with Gasteiger partial charge in [-0.25, -0.2) is 4.39 Å². The topological polar surface area (TPSA) is 28.0 Å². The minimum absolute atomic E-state index is 0.145. The van der Waals surface area contributed by atoms with E-state index < -0.39 is 0 Å². The van der Waals surface area contributed by atoms with E-state index in [2.05, 4.69) is 43.0 Å². The molecule has 2 aliphatic heterocycles. The summed E-state index contributed by atoms with van der Waals surface area (Å²) >= 11 is 0. The first-order valence-corrected chi connectivity index (χ1v) is 11.7. The van der Waals surface area contributed by atoms with Gasteiger partial charge in [0.1, 0.15) is 12.4 Å². The molecule has 166 valence electrons. The summed E-state index contributed by atoms with van der Waals surface area (Å²) in [7, 11) is 0. The lowest BCUT2D eigenvalue weighted by molar-refractivity contribution is -0.919. The molecule has 0 bridgehead atoms. The fourth-order valence-corrected chi connectivity index (χ4v) is 4.89. The van der Waals surface area contributed by atoms with Crippen molar-refractivity contribution in [1.29, 1.82) is 0 Å². The molecule has 2 aromatic carbocycles. The predicted octanol–water partition coefficient (Wildman–Crippen LogP) is 3.09. The molecule has 4 nitrogen and oxygen atoms in total. The van der Waals surface area contributed by atoms with Crippen LogP contribution >= 0.6 is 0 Å². The van der Waals surface area contributed by atoms with Crippen LogP contribution in [0, 0.1) is 11.7 Å². The van der Waals surface area contributed by atoms with E-state index in [0.717, 1.165) is 32.5 Å². The Morgan fingerprint density at radius 2 is 1.65 bits per heavy atom. The molecule has 1 amide bonds. The maximum atomic E-state index is 14.0. The van der Waals surface area contributed by atoms with E-state index in [0.29, 0.717) is 43.7 Å². The third-order valence-electron chi connectivity index (χ3n) is 6.93. The lowest BCUT2D eigenvalue weighted by atomic mass is 9.94. The monoisotopic (exact) mass is 424 g/mol. The van der Waals surface area contributed by atoms with E-state index in [1.807, 2.05) is 17.0 Å². The van der Waals surface area contributed by atoms with Gasteiger partial charge in [0.2, 0.25) is 5.91 Å². The van der Waals surface area contributed by atoms with Crippen molar-refractivity contribution < 1.29 is 14.1 Å². The van der Waals surface area contributed by atoms with Gasteiger partial charge in [0, 0.05) is 50.5 Å². The number of likely N-dealkylation sites (tertiary alicyclic amines) is 1. The first kappa shape index (κ1) is 21.8. The molecular formula is C26H35FN3O+. The van der Waals surface area contributed by atoms with Crippen molar-refractivity contribution in [3.8, 4) is 0 Å². The van der Waals surface area contributed by atoms with Crippen molar-refractivity contribution in [2.24, 2.45) is 5.92 Å². The van der Waals surface area contributed by atoms with Gasteiger partial charge < -0.3 is 14.7 Å². The number of piperazine rings is 1. The van der Waals surface area contributed by atoms with Gasteiger partial charge >= 0.3 is 0 Å². The first-order chi connectivity index (χ1) is 15.0. The third-order valence-corrected chi connectivity index (χ3v) is 6.93. The van der Waals surface area contributed by atoms with Crippen LogP contribution in [0.5, 0.6) is 0 Å². The van der Waals surface area contributed by atoms with E-state index in [1.165, 1.54) is 17.2 Å². The standard InChI is InChI=1S/C26H34FN3O/c1-20(2)22-9-7-21(8-10-22)19-28-13-11-23(12-14-28)26(31)30-17-15-29(16-18-30)25-6-4-3-5-24(25)27/h3-10,20,23H,11-19H2,1-2H3/p+1. The fourth-order valence-electron chi connectivity index (χ4n) is 4.89. The van der Waals surface area contributed by atoms with Crippen LogP contribution in [-0.2, 0) is 11.3 Å². The average Bonchev–Trinajstić information content (AvgIpc) is 2.80. The zero-order chi connectivity index (χ0) is 21.8. The normalized spacial score (nSPS) is 22.1. The van der Waals surface area contributed by atoms with Gasteiger partial charge in [0.05, 0.1) is 18.8 Å². The van der Waals surface area contributed by atoms with Crippen LogP contribution in [0.2, 0.25) is 0 Å². The Morgan fingerprint density at radius 3 is 2.26 bits per heavy atom. The molecule has 5 heteroatoms. The van der Waals surface area contributed by atoms with Gasteiger partial charge in [0.15, 0.2) is 0 Å². The number of carbonyl (C=O) groups is 1. The summed E-state index contributed by atoms with van der Waals surface area (Å²) in [6, 6.07) is 15.9. The number of nitrogens with zero attached hydrogens (tertiary/aromatic N) is 2. The highest BCUT2D eigenvalue weighted by atomic mass is 19.1. The molecule has 0 aliphatic carbocycles. The number of quaternary nitrogens is 1. The Balaban J connectivity index is 1.24. The van der Waals surface area contributed by atoms with Gasteiger partial charge in [-0.15, -0.1) is 0 Å². The van der Waals surface area contributed by atoms with Crippen molar-refractivity contribution in [1.82, 2.24) is 4.90 Å². The number of carbonyl (C=O) groups excluding carboxylic acids is 1. The number of piperidine rings is 1. The second-order valence-electron chi connectivity index (χ2n) is 9.36. The number of benzene rings is 2. The minimum Gasteiger partial charge on any atom is -0.366 e. The summed E-state index contributed by atoms with van der Waals surface area (Å²) in [5.74, 6) is 0.828. The Morgan fingerprint density at radius 1 is 1.00 bits per heavy atom. The molecule has 2 saturated heterocycles. The SMILES string of the molecule is CC(C)c1ccc(C[NH+]2CCC(C(=O)N3CCN(c4ccccc4F)CC3)CC2)cc1. The Kier molecular flexibility index (Phi) is 6.91. The summed E-state index contributed by atoms with van der Waals surface area (Å²) in [5.41, 5.74) is 3.42. The molecular weight excluding hydrogens is 389 g/mol. The van der Waals surface area contributed by atoms with Gasteiger partial charge in [-0.05, 0) is 23.6 Å². The van der Waals surface area contributed by atoms with Crippen molar-refractivity contribution in [3.63, 3.8) is 0 Å². The highest BCUT2D eigenvalue weighted by Crippen LogP contribution is 2.22. The summed E-state index contributed by atoms with van der Waals surface area (Å²) in [5, 5.41) is 0. The Labute approximate surface area is 185 Å². The third kappa shape index (κ3) is 5.27. The molecule has 2 fully saturated rings. The van der Waals surface area contributed by atoms with Gasteiger partial charge in [-0.2, -0.15) is 0 Å². The maximum Gasteiger partial charge on any atom is 0.226 e. The molecule has 0 unspecified atom stereocenters. The van der Waals surface area contributed by atoms with Crippen molar-refractivity contribution >= 4 is 11.6 Å². The van der Waals surface area contributed by atoms with E-state index >= 15 is 0 Å². The quantitative estimate of drug-likeness (QED) is 0.799.